The Balaban J connectivity index is 1.27. The molecule has 1 saturated carbocycles. The first kappa shape index (κ1) is 15.8. The van der Waals surface area contributed by atoms with Crippen LogP contribution in [0.25, 0.3) is 11.5 Å². The fourth-order valence-electron chi connectivity index (χ4n) is 3.28. The molecule has 0 amide bonds. The van der Waals surface area contributed by atoms with Crippen LogP contribution >= 0.6 is 0 Å². The second kappa shape index (κ2) is 7.03. The van der Waals surface area contributed by atoms with E-state index in [0.29, 0.717) is 11.9 Å². The number of nitrogens with zero attached hydrogens (tertiary/aromatic N) is 2. The lowest BCUT2D eigenvalue weighted by Crippen LogP contribution is -2.42. The van der Waals surface area contributed by atoms with Crippen LogP contribution in [0.2, 0.25) is 0 Å². The Labute approximate surface area is 142 Å². The minimum absolute atomic E-state index is 0.247. The Bertz CT molecular complexity index is 658. The van der Waals surface area contributed by atoms with Crippen LogP contribution in [0, 0.1) is 11.7 Å². The molecule has 2 heterocycles. The highest BCUT2D eigenvalue weighted by Gasteiger charge is 2.24. The SMILES string of the molecule is Fc1ccc(-c2nc(CN3CCC(NCC4CC4)CC3)co2)cc1. The molecule has 0 bridgehead atoms. The number of aromatic nitrogens is 1. The van der Waals surface area contributed by atoms with Crippen molar-refractivity contribution in [3.05, 3.63) is 42.0 Å². The molecule has 1 aromatic carbocycles. The van der Waals surface area contributed by atoms with Gasteiger partial charge in [-0.1, -0.05) is 0 Å². The van der Waals surface area contributed by atoms with Crippen LogP contribution in [0.4, 0.5) is 4.39 Å². The molecular formula is C19H24FN3O. The topological polar surface area (TPSA) is 41.3 Å². The molecule has 0 radical (unpaired) electrons. The van der Waals surface area contributed by atoms with Gasteiger partial charge in [0.25, 0.3) is 0 Å². The second-order valence-electron chi connectivity index (χ2n) is 7.05. The number of hydrogen-bond donors (Lipinski definition) is 1. The van der Waals surface area contributed by atoms with Crippen molar-refractivity contribution in [3.8, 4) is 11.5 Å². The zero-order chi connectivity index (χ0) is 16.4. The number of halogens is 1. The molecule has 24 heavy (non-hydrogen) atoms. The molecule has 4 rings (SSSR count). The maximum Gasteiger partial charge on any atom is 0.226 e. The fourth-order valence-corrected chi connectivity index (χ4v) is 3.28. The van der Waals surface area contributed by atoms with Gasteiger partial charge >= 0.3 is 0 Å². The highest BCUT2D eigenvalue weighted by molar-refractivity contribution is 5.52. The molecule has 1 saturated heterocycles. The maximum absolute atomic E-state index is 13.0. The zero-order valence-electron chi connectivity index (χ0n) is 13.9. The Morgan fingerprint density at radius 2 is 1.88 bits per heavy atom. The van der Waals surface area contributed by atoms with Crippen LogP contribution < -0.4 is 5.32 Å². The Morgan fingerprint density at radius 3 is 2.58 bits per heavy atom. The lowest BCUT2D eigenvalue weighted by atomic mass is 10.0. The van der Waals surface area contributed by atoms with E-state index in [1.54, 1.807) is 18.4 Å². The predicted molar refractivity (Wildman–Crippen MR) is 90.9 cm³/mol. The molecule has 1 aliphatic heterocycles. The standard InChI is InChI=1S/C19H24FN3O/c20-16-5-3-15(4-6-16)19-22-18(13-24-19)12-23-9-7-17(8-10-23)21-11-14-1-2-14/h3-6,13-14,17,21H,1-2,7-12H2. The number of nitrogens with one attached hydrogen (secondary N) is 1. The van der Waals surface area contributed by atoms with Gasteiger partial charge in [-0.15, -0.1) is 0 Å². The van der Waals surface area contributed by atoms with Gasteiger partial charge in [0.1, 0.15) is 12.1 Å². The summed E-state index contributed by atoms with van der Waals surface area (Å²) < 4.78 is 18.5. The zero-order valence-corrected chi connectivity index (χ0v) is 13.9. The molecule has 2 aliphatic rings. The number of hydrogen-bond acceptors (Lipinski definition) is 4. The van der Waals surface area contributed by atoms with Crippen molar-refractivity contribution in [1.82, 2.24) is 15.2 Å². The Kier molecular flexibility index (Phi) is 4.63. The molecule has 0 unspecified atom stereocenters. The first-order valence-electron chi connectivity index (χ1n) is 8.92. The highest BCUT2D eigenvalue weighted by Crippen LogP contribution is 2.28. The molecule has 1 N–H and O–H groups in total. The summed E-state index contributed by atoms with van der Waals surface area (Å²) in [5, 5.41) is 3.71. The Hall–Kier alpha value is -1.72. The molecule has 0 spiro atoms. The van der Waals surface area contributed by atoms with E-state index in [2.05, 4.69) is 15.2 Å². The first-order valence-corrected chi connectivity index (χ1v) is 8.92. The van der Waals surface area contributed by atoms with Gasteiger partial charge < -0.3 is 9.73 Å². The molecule has 1 aromatic heterocycles. The van der Waals surface area contributed by atoms with Gasteiger partial charge in [-0.2, -0.15) is 0 Å². The summed E-state index contributed by atoms with van der Waals surface area (Å²) in [5.74, 6) is 1.26. The Morgan fingerprint density at radius 1 is 1.12 bits per heavy atom. The van der Waals surface area contributed by atoms with E-state index in [0.717, 1.165) is 36.8 Å². The van der Waals surface area contributed by atoms with Crippen molar-refractivity contribution in [2.45, 2.75) is 38.3 Å². The quantitative estimate of drug-likeness (QED) is 0.881. The van der Waals surface area contributed by atoms with Crippen LogP contribution in [0.1, 0.15) is 31.4 Å². The van der Waals surface area contributed by atoms with E-state index in [-0.39, 0.29) is 5.82 Å². The minimum atomic E-state index is -0.247. The third-order valence-corrected chi connectivity index (χ3v) is 5.01. The van der Waals surface area contributed by atoms with Gasteiger partial charge in [0, 0.05) is 31.2 Å². The minimum Gasteiger partial charge on any atom is -0.444 e. The van der Waals surface area contributed by atoms with E-state index in [1.807, 2.05) is 0 Å². The number of benzene rings is 1. The number of likely N-dealkylation sites (tertiary alicyclic amines) is 1. The van der Waals surface area contributed by atoms with Gasteiger partial charge in [0.2, 0.25) is 5.89 Å². The summed E-state index contributed by atoms with van der Waals surface area (Å²) in [6.07, 6.45) is 6.95. The van der Waals surface area contributed by atoms with Crippen LogP contribution in [0.15, 0.2) is 34.9 Å². The third kappa shape index (κ3) is 4.02. The maximum atomic E-state index is 13.0. The van der Waals surface area contributed by atoms with E-state index in [4.69, 9.17) is 4.42 Å². The first-order chi connectivity index (χ1) is 11.8. The van der Waals surface area contributed by atoms with Crippen molar-refractivity contribution in [2.75, 3.05) is 19.6 Å². The smallest absolute Gasteiger partial charge is 0.226 e. The molecular weight excluding hydrogens is 305 g/mol. The lowest BCUT2D eigenvalue weighted by Gasteiger charge is -2.31. The average molecular weight is 329 g/mol. The lowest BCUT2D eigenvalue weighted by molar-refractivity contribution is 0.188. The summed E-state index contributed by atoms with van der Waals surface area (Å²) in [6.45, 7) is 4.22. The molecule has 2 fully saturated rings. The number of oxazole rings is 1. The van der Waals surface area contributed by atoms with Gasteiger partial charge in [-0.05, 0) is 62.4 Å². The molecule has 5 heteroatoms. The van der Waals surface area contributed by atoms with Crippen molar-refractivity contribution in [3.63, 3.8) is 0 Å². The summed E-state index contributed by atoms with van der Waals surface area (Å²) in [5.41, 5.74) is 1.75. The largest absolute Gasteiger partial charge is 0.444 e. The number of rotatable bonds is 6. The monoisotopic (exact) mass is 329 g/mol. The van der Waals surface area contributed by atoms with E-state index < -0.39 is 0 Å². The van der Waals surface area contributed by atoms with Gasteiger partial charge in [-0.3, -0.25) is 4.90 Å². The summed E-state index contributed by atoms with van der Waals surface area (Å²) in [7, 11) is 0. The molecule has 128 valence electrons. The predicted octanol–water partition coefficient (Wildman–Crippen LogP) is 3.44. The van der Waals surface area contributed by atoms with Crippen LogP contribution in [-0.4, -0.2) is 35.6 Å². The van der Waals surface area contributed by atoms with Crippen LogP contribution in [-0.2, 0) is 6.54 Å². The van der Waals surface area contributed by atoms with E-state index >= 15 is 0 Å². The summed E-state index contributed by atoms with van der Waals surface area (Å²) in [4.78, 5) is 6.98. The van der Waals surface area contributed by atoms with Crippen LogP contribution in [0.3, 0.4) is 0 Å². The number of piperidine rings is 1. The second-order valence-corrected chi connectivity index (χ2v) is 7.05. The fraction of sp³-hybridized carbons (Fsp3) is 0.526. The summed E-state index contributed by atoms with van der Waals surface area (Å²) >= 11 is 0. The van der Waals surface area contributed by atoms with Gasteiger partial charge in [0.15, 0.2) is 0 Å². The van der Waals surface area contributed by atoms with Crippen molar-refractivity contribution in [1.29, 1.82) is 0 Å². The summed E-state index contributed by atoms with van der Waals surface area (Å²) in [6, 6.07) is 6.93. The molecule has 1 aliphatic carbocycles. The van der Waals surface area contributed by atoms with Crippen molar-refractivity contribution in [2.24, 2.45) is 5.92 Å². The highest BCUT2D eigenvalue weighted by atomic mass is 19.1. The van der Waals surface area contributed by atoms with Crippen LogP contribution in [0.5, 0.6) is 0 Å². The van der Waals surface area contributed by atoms with Gasteiger partial charge in [-0.25, -0.2) is 9.37 Å². The van der Waals surface area contributed by atoms with Gasteiger partial charge in [0.05, 0.1) is 5.69 Å². The molecule has 4 nitrogen and oxygen atoms in total. The normalized spacial score (nSPS) is 19.7. The van der Waals surface area contributed by atoms with Crippen molar-refractivity contribution >= 4 is 0 Å². The van der Waals surface area contributed by atoms with E-state index in [9.17, 15) is 4.39 Å². The van der Waals surface area contributed by atoms with E-state index in [1.165, 1.54) is 44.4 Å². The molecule has 0 atom stereocenters. The van der Waals surface area contributed by atoms with Crippen molar-refractivity contribution < 1.29 is 8.81 Å². The molecule has 2 aromatic rings. The third-order valence-electron chi connectivity index (χ3n) is 5.01. The average Bonchev–Trinajstić information content (AvgIpc) is 3.33.